The van der Waals surface area contributed by atoms with Gasteiger partial charge in [-0.25, -0.2) is 0 Å². The molecule has 1 atom stereocenters. The van der Waals surface area contributed by atoms with Crippen molar-refractivity contribution in [3.05, 3.63) is 0 Å². The highest BCUT2D eigenvalue weighted by Crippen LogP contribution is 2.35. The van der Waals surface area contributed by atoms with Crippen LogP contribution in [0.5, 0.6) is 0 Å². The van der Waals surface area contributed by atoms with E-state index in [1.165, 1.54) is 6.42 Å². The summed E-state index contributed by atoms with van der Waals surface area (Å²) in [5.74, 6) is -0.110. The Kier molecular flexibility index (Phi) is 5.17. The summed E-state index contributed by atoms with van der Waals surface area (Å²) in [5.41, 5.74) is 5.57. The van der Waals surface area contributed by atoms with Crippen molar-refractivity contribution in [1.29, 1.82) is 0 Å². The van der Waals surface area contributed by atoms with E-state index in [0.29, 0.717) is 6.54 Å². The molecule has 0 bridgehead atoms. The van der Waals surface area contributed by atoms with Crippen LogP contribution >= 0.6 is 0 Å². The average molecular weight is 256 g/mol. The molecule has 0 aromatic heterocycles. The van der Waals surface area contributed by atoms with Gasteiger partial charge in [-0.05, 0) is 18.3 Å². The Labute approximate surface area is 110 Å². The Morgan fingerprint density at radius 2 is 1.89 bits per heavy atom. The van der Waals surface area contributed by atoms with Gasteiger partial charge in [-0.2, -0.15) is 0 Å². The van der Waals surface area contributed by atoms with Gasteiger partial charge in [0.1, 0.15) is 0 Å². The van der Waals surface area contributed by atoms with Crippen molar-refractivity contribution < 1.29 is 9.90 Å². The van der Waals surface area contributed by atoms with Gasteiger partial charge in [-0.15, -0.1) is 0 Å². The molecule has 0 spiro atoms. The fraction of sp³-hybridized carbons (Fsp3) is 0.929. The largest absolute Gasteiger partial charge is 0.396 e. The first-order valence-corrected chi connectivity index (χ1v) is 6.95. The van der Waals surface area contributed by atoms with Gasteiger partial charge in [0.2, 0.25) is 5.91 Å². The van der Waals surface area contributed by atoms with E-state index in [2.05, 4.69) is 5.32 Å². The molecular formula is C14H28N2O2. The van der Waals surface area contributed by atoms with Gasteiger partial charge in [0.15, 0.2) is 0 Å². The maximum Gasteiger partial charge on any atom is 0.237 e. The van der Waals surface area contributed by atoms with Crippen LogP contribution in [0.15, 0.2) is 0 Å². The molecule has 4 N–H and O–H groups in total. The summed E-state index contributed by atoms with van der Waals surface area (Å²) in [4.78, 5) is 12.0. The minimum absolute atomic E-state index is 0.110. The van der Waals surface area contributed by atoms with Crippen molar-refractivity contribution in [3.63, 3.8) is 0 Å². The van der Waals surface area contributed by atoms with Gasteiger partial charge in [0.05, 0.1) is 12.6 Å². The minimum Gasteiger partial charge on any atom is -0.396 e. The van der Waals surface area contributed by atoms with Crippen LogP contribution in [0.4, 0.5) is 0 Å². The van der Waals surface area contributed by atoms with Crippen LogP contribution in [0.3, 0.4) is 0 Å². The third kappa shape index (κ3) is 3.95. The first-order valence-electron chi connectivity index (χ1n) is 6.95. The number of amides is 1. The van der Waals surface area contributed by atoms with Crippen LogP contribution in [0, 0.1) is 10.8 Å². The molecule has 0 aromatic carbocycles. The van der Waals surface area contributed by atoms with E-state index >= 15 is 0 Å². The second-order valence-corrected chi connectivity index (χ2v) is 6.78. The van der Waals surface area contributed by atoms with Crippen LogP contribution in [-0.2, 0) is 4.79 Å². The quantitative estimate of drug-likeness (QED) is 0.712. The van der Waals surface area contributed by atoms with Gasteiger partial charge in [0.25, 0.3) is 0 Å². The number of hydrogen-bond acceptors (Lipinski definition) is 3. The highest BCUT2D eigenvalue weighted by molar-refractivity contribution is 5.82. The maximum atomic E-state index is 12.0. The molecule has 0 unspecified atom stereocenters. The second kappa shape index (κ2) is 6.02. The highest BCUT2D eigenvalue weighted by Gasteiger charge is 2.33. The summed E-state index contributed by atoms with van der Waals surface area (Å²) in [7, 11) is 0. The zero-order chi connectivity index (χ0) is 13.8. The lowest BCUT2D eigenvalue weighted by molar-refractivity contribution is -0.125. The summed E-state index contributed by atoms with van der Waals surface area (Å²) in [6.45, 7) is 6.57. The Bertz CT molecular complexity index is 278. The fourth-order valence-corrected chi connectivity index (χ4v) is 2.47. The van der Waals surface area contributed by atoms with Gasteiger partial charge in [-0.3, -0.25) is 4.79 Å². The second-order valence-electron chi connectivity index (χ2n) is 6.78. The van der Waals surface area contributed by atoms with Gasteiger partial charge in [0, 0.05) is 12.0 Å². The van der Waals surface area contributed by atoms with E-state index in [4.69, 9.17) is 5.73 Å². The molecule has 1 amide bonds. The molecular weight excluding hydrogens is 228 g/mol. The molecule has 0 radical (unpaired) electrons. The predicted octanol–water partition coefficient (Wildman–Crippen LogP) is 1.42. The molecule has 1 aliphatic carbocycles. The van der Waals surface area contributed by atoms with Crippen LogP contribution in [0.25, 0.3) is 0 Å². The predicted molar refractivity (Wildman–Crippen MR) is 73.0 cm³/mol. The van der Waals surface area contributed by atoms with Gasteiger partial charge >= 0.3 is 0 Å². The molecule has 1 rings (SSSR count). The molecule has 106 valence electrons. The maximum absolute atomic E-state index is 12.0. The van der Waals surface area contributed by atoms with Gasteiger partial charge in [-0.1, -0.05) is 40.0 Å². The van der Waals surface area contributed by atoms with Crippen molar-refractivity contribution >= 4 is 5.91 Å². The molecule has 1 saturated carbocycles. The fourth-order valence-electron chi connectivity index (χ4n) is 2.47. The van der Waals surface area contributed by atoms with E-state index < -0.39 is 6.04 Å². The number of aliphatic hydroxyl groups excluding tert-OH is 1. The van der Waals surface area contributed by atoms with E-state index in [0.717, 1.165) is 25.7 Å². The standard InChI is InChI=1S/C14H28N2O2/c1-13(2,3)11(15)12(18)16-9-14(10-17)7-5-4-6-8-14/h11,17H,4-10,15H2,1-3H3,(H,16,18)/t11-/m0/s1. The van der Waals surface area contributed by atoms with Crippen LogP contribution in [0.1, 0.15) is 52.9 Å². The normalized spacial score (nSPS) is 21.4. The Morgan fingerprint density at radius 3 is 2.33 bits per heavy atom. The van der Waals surface area contributed by atoms with Crippen LogP contribution in [0.2, 0.25) is 0 Å². The lowest BCUT2D eigenvalue weighted by Crippen LogP contribution is -2.51. The number of rotatable bonds is 4. The molecule has 4 heteroatoms. The lowest BCUT2D eigenvalue weighted by Gasteiger charge is -2.36. The number of nitrogens with two attached hydrogens (primary N) is 1. The minimum atomic E-state index is -0.503. The van der Waals surface area contributed by atoms with E-state index in [1.54, 1.807) is 0 Å². The molecule has 0 aliphatic heterocycles. The van der Waals surface area contributed by atoms with Crippen molar-refractivity contribution in [2.24, 2.45) is 16.6 Å². The van der Waals surface area contributed by atoms with Crippen molar-refractivity contribution in [3.8, 4) is 0 Å². The number of hydrogen-bond donors (Lipinski definition) is 3. The molecule has 1 fully saturated rings. The monoisotopic (exact) mass is 256 g/mol. The molecule has 0 heterocycles. The SMILES string of the molecule is CC(C)(C)[C@@H](N)C(=O)NCC1(CO)CCCCC1. The van der Waals surface area contributed by atoms with E-state index in [-0.39, 0.29) is 23.3 Å². The lowest BCUT2D eigenvalue weighted by atomic mass is 9.74. The molecule has 18 heavy (non-hydrogen) atoms. The average Bonchev–Trinajstić information content (AvgIpc) is 2.35. The van der Waals surface area contributed by atoms with Crippen LogP contribution < -0.4 is 11.1 Å². The highest BCUT2D eigenvalue weighted by atomic mass is 16.3. The number of carbonyl (C=O) groups is 1. The zero-order valence-electron chi connectivity index (χ0n) is 12.0. The van der Waals surface area contributed by atoms with Gasteiger partial charge < -0.3 is 16.2 Å². The summed E-state index contributed by atoms with van der Waals surface area (Å²) in [5, 5.41) is 12.5. The van der Waals surface area contributed by atoms with Crippen molar-refractivity contribution in [2.45, 2.75) is 58.9 Å². The summed E-state index contributed by atoms with van der Waals surface area (Å²) in [6, 6.07) is -0.503. The summed E-state index contributed by atoms with van der Waals surface area (Å²) in [6.07, 6.45) is 5.50. The molecule has 0 saturated heterocycles. The first-order chi connectivity index (χ1) is 8.31. The summed E-state index contributed by atoms with van der Waals surface area (Å²) >= 11 is 0. The Hall–Kier alpha value is -0.610. The molecule has 4 nitrogen and oxygen atoms in total. The molecule has 0 aromatic rings. The summed E-state index contributed by atoms with van der Waals surface area (Å²) < 4.78 is 0. The Morgan fingerprint density at radius 1 is 1.33 bits per heavy atom. The van der Waals surface area contributed by atoms with E-state index in [1.807, 2.05) is 20.8 Å². The molecule has 1 aliphatic rings. The topological polar surface area (TPSA) is 75.4 Å². The Balaban J connectivity index is 2.50. The smallest absolute Gasteiger partial charge is 0.237 e. The third-order valence-electron chi connectivity index (χ3n) is 4.10. The zero-order valence-corrected chi connectivity index (χ0v) is 12.0. The van der Waals surface area contributed by atoms with Crippen molar-refractivity contribution in [1.82, 2.24) is 5.32 Å². The number of aliphatic hydroxyl groups is 1. The van der Waals surface area contributed by atoms with Crippen molar-refractivity contribution in [2.75, 3.05) is 13.2 Å². The number of nitrogens with one attached hydrogen (secondary N) is 1. The van der Waals surface area contributed by atoms with E-state index in [9.17, 15) is 9.90 Å². The first kappa shape index (κ1) is 15.4. The van der Waals surface area contributed by atoms with Crippen LogP contribution in [-0.4, -0.2) is 30.2 Å². The number of carbonyl (C=O) groups excluding carboxylic acids is 1. The third-order valence-corrected chi connectivity index (χ3v) is 4.10.